The molecule has 2 nitrogen and oxygen atoms in total. The number of nitrogens with zero attached hydrogens (tertiary/aromatic N) is 1. The van der Waals surface area contributed by atoms with Crippen molar-refractivity contribution in [3.05, 3.63) is 63.1 Å². The largest absolute Gasteiger partial charge is 0.295 e. The van der Waals surface area contributed by atoms with Crippen LogP contribution in [0.4, 0.5) is 5.69 Å². The van der Waals surface area contributed by atoms with Gasteiger partial charge < -0.3 is 0 Å². The predicted octanol–water partition coefficient (Wildman–Crippen LogP) is 5.43. The zero-order valence-corrected chi connectivity index (χ0v) is 13.8. The van der Waals surface area contributed by atoms with Crippen LogP contribution >= 0.6 is 46.6 Å². The van der Waals surface area contributed by atoms with Gasteiger partial charge in [0.2, 0.25) is 5.91 Å². The second-order valence-electron chi connectivity index (χ2n) is 4.58. The summed E-state index contributed by atoms with van der Waals surface area (Å²) in [5, 5.41) is 1.54. The van der Waals surface area contributed by atoms with E-state index in [9.17, 15) is 4.79 Å². The Hall–Kier alpha value is -0.870. The molecular weight excluding hydrogens is 349 g/mol. The number of amides is 1. The van der Waals surface area contributed by atoms with Crippen molar-refractivity contribution in [3.8, 4) is 0 Å². The monoisotopic (exact) mass is 357 g/mol. The average molecular weight is 359 g/mol. The molecule has 21 heavy (non-hydrogen) atoms. The summed E-state index contributed by atoms with van der Waals surface area (Å²) in [6, 6.07) is 12.7. The maximum Gasteiger partial charge on any atom is 0.238 e. The topological polar surface area (TPSA) is 20.3 Å². The molecule has 1 amide bonds. The van der Waals surface area contributed by atoms with Crippen LogP contribution in [0.2, 0.25) is 15.1 Å². The number of hydrogen-bond acceptors (Lipinski definition) is 2. The summed E-state index contributed by atoms with van der Waals surface area (Å²) in [5.41, 5.74) is 1.78. The van der Waals surface area contributed by atoms with Gasteiger partial charge in [-0.2, -0.15) is 0 Å². The first-order chi connectivity index (χ1) is 10.1. The van der Waals surface area contributed by atoms with Crippen molar-refractivity contribution in [2.75, 3.05) is 10.7 Å². The van der Waals surface area contributed by atoms with Gasteiger partial charge in [0.1, 0.15) is 5.37 Å². The quantitative estimate of drug-likeness (QED) is 0.714. The zero-order valence-electron chi connectivity index (χ0n) is 10.7. The first-order valence-electron chi connectivity index (χ1n) is 6.20. The molecular formula is C15H10Cl3NOS. The number of carbonyl (C=O) groups excluding carboxylic acids is 1. The van der Waals surface area contributed by atoms with E-state index in [2.05, 4.69) is 0 Å². The third-order valence-electron chi connectivity index (χ3n) is 3.20. The maximum absolute atomic E-state index is 12.2. The van der Waals surface area contributed by atoms with Crippen molar-refractivity contribution in [3.63, 3.8) is 0 Å². The van der Waals surface area contributed by atoms with E-state index in [0.29, 0.717) is 20.8 Å². The molecule has 1 aliphatic rings. The summed E-state index contributed by atoms with van der Waals surface area (Å²) in [5.74, 6) is 0.506. The minimum Gasteiger partial charge on any atom is -0.295 e. The van der Waals surface area contributed by atoms with Crippen molar-refractivity contribution >= 4 is 58.2 Å². The van der Waals surface area contributed by atoms with Crippen LogP contribution in [-0.4, -0.2) is 11.7 Å². The highest BCUT2D eigenvalue weighted by Crippen LogP contribution is 2.43. The van der Waals surface area contributed by atoms with Crippen LogP contribution in [-0.2, 0) is 4.79 Å². The summed E-state index contributed by atoms with van der Waals surface area (Å²) < 4.78 is 0. The molecule has 1 atom stereocenters. The first kappa shape index (κ1) is 15.0. The van der Waals surface area contributed by atoms with E-state index in [4.69, 9.17) is 34.8 Å². The van der Waals surface area contributed by atoms with E-state index in [0.717, 1.165) is 11.3 Å². The highest BCUT2D eigenvalue weighted by Gasteiger charge is 2.34. The lowest BCUT2D eigenvalue weighted by atomic mass is 10.2. The molecule has 2 aromatic carbocycles. The van der Waals surface area contributed by atoms with E-state index in [1.54, 1.807) is 34.9 Å². The molecule has 1 saturated heterocycles. The Morgan fingerprint density at radius 2 is 1.71 bits per heavy atom. The van der Waals surface area contributed by atoms with Crippen molar-refractivity contribution in [2.45, 2.75) is 5.37 Å². The number of anilines is 1. The van der Waals surface area contributed by atoms with Gasteiger partial charge in [0.15, 0.2) is 0 Å². The Kier molecular flexibility index (Phi) is 4.36. The Balaban J connectivity index is 1.99. The number of hydrogen-bond donors (Lipinski definition) is 0. The van der Waals surface area contributed by atoms with Gasteiger partial charge in [-0.3, -0.25) is 9.69 Å². The van der Waals surface area contributed by atoms with Gasteiger partial charge in [0.25, 0.3) is 0 Å². The van der Waals surface area contributed by atoms with Gasteiger partial charge in [-0.15, -0.1) is 11.8 Å². The van der Waals surface area contributed by atoms with Gasteiger partial charge in [0, 0.05) is 10.7 Å². The third-order valence-corrected chi connectivity index (χ3v) is 5.40. The second kappa shape index (κ2) is 6.09. The molecule has 0 saturated carbocycles. The van der Waals surface area contributed by atoms with E-state index in [-0.39, 0.29) is 11.3 Å². The summed E-state index contributed by atoms with van der Waals surface area (Å²) in [4.78, 5) is 14.0. The minimum absolute atomic E-state index is 0.0680. The number of rotatable bonds is 2. The molecule has 3 rings (SSSR count). The second-order valence-corrected chi connectivity index (χ2v) is 6.90. The number of carbonyl (C=O) groups is 1. The lowest BCUT2D eigenvalue weighted by molar-refractivity contribution is -0.115. The number of benzene rings is 2. The van der Waals surface area contributed by atoms with Crippen molar-refractivity contribution in [1.82, 2.24) is 0 Å². The van der Waals surface area contributed by atoms with E-state index >= 15 is 0 Å². The number of halogens is 3. The molecule has 0 aliphatic carbocycles. The lowest BCUT2D eigenvalue weighted by Crippen LogP contribution is -2.27. The van der Waals surface area contributed by atoms with Gasteiger partial charge in [-0.05, 0) is 42.0 Å². The normalized spacial score (nSPS) is 18.3. The Morgan fingerprint density at radius 3 is 2.38 bits per heavy atom. The molecule has 0 bridgehead atoms. The van der Waals surface area contributed by atoms with Crippen LogP contribution in [0, 0.1) is 0 Å². The van der Waals surface area contributed by atoms with Crippen LogP contribution in [0.1, 0.15) is 10.9 Å². The average Bonchev–Trinajstić information content (AvgIpc) is 2.85. The van der Waals surface area contributed by atoms with E-state index < -0.39 is 0 Å². The van der Waals surface area contributed by atoms with Crippen LogP contribution < -0.4 is 4.90 Å². The van der Waals surface area contributed by atoms with Gasteiger partial charge in [-0.25, -0.2) is 0 Å². The van der Waals surface area contributed by atoms with Gasteiger partial charge in [-0.1, -0.05) is 40.9 Å². The molecule has 1 heterocycles. The first-order valence-corrected chi connectivity index (χ1v) is 8.39. The van der Waals surface area contributed by atoms with Crippen LogP contribution in [0.3, 0.4) is 0 Å². The SMILES string of the molecule is O=C1CS[C@@H](c2ccc(Cl)c(Cl)c2)N1c1ccc(Cl)cc1. The fourth-order valence-corrected chi connectivity index (χ4v) is 3.82. The Bertz CT molecular complexity index is 690. The fourth-order valence-electron chi connectivity index (χ4n) is 2.22. The molecule has 1 fully saturated rings. The van der Waals surface area contributed by atoms with Crippen molar-refractivity contribution in [1.29, 1.82) is 0 Å². The molecule has 108 valence electrons. The van der Waals surface area contributed by atoms with Gasteiger partial charge in [0.05, 0.1) is 15.8 Å². The molecule has 0 radical (unpaired) electrons. The summed E-state index contributed by atoms with van der Waals surface area (Å²) >= 11 is 19.5. The smallest absolute Gasteiger partial charge is 0.238 e. The number of thioether (sulfide) groups is 1. The van der Waals surface area contributed by atoms with Gasteiger partial charge >= 0.3 is 0 Å². The van der Waals surface area contributed by atoms with E-state index in [1.807, 2.05) is 24.3 Å². The maximum atomic E-state index is 12.2. The van der Waals surface area contributed by atoms with Crippen molar-refractivity contribution < 1.29 is 4.79 Å². The fraction of sp³-hybridized carbons (Fsp3) is 0.133. The molecule has 0 N–H and O–H groups in total. The highest BCUT2D eigenvalue weighted by molar-refractivity contribution is 8.00. The molecule has 2 aromatic rings. The summed E-state index contributed by atoms with van der Waals surface area (Å²) in [6.07, 6.45) is 0. The molecule has 0 spiro atoms. The molecule has 6 heteroatoms. The van der Waals surface area contributed by atoms with Crippen LogP contribution in [0.15, 0.2) is 42.5 Å². The minimum atomic E-state index is -0.103. The van der Waals surface area contributed by atoms with Crippen LogP contribution in [0.25, 0.3) is 0 Å². The van der Waals surface area contributed by atoms with Crippen LogP contribution in [0.5, 0.6) is 0 Å². The van der Waals surface area contributed by atoms with Crippen molar-refractivity contribution in [2.24, 2.45) is 0 Å². The molecule has 0 aromatic heterocycles. The Morgan fingerprint density at radius 1 is 1.00 bits per heavy atom. The summed E-state index contributed by atoms with van der Waals surface area (Å²) in [6.45, 7) is 0. The zero-order chi connectivity index (χ0) is 15.0. The van der Waals surface area contributed by atoms with E-state index in [1.165, 1.54) is 0 Å². The molecule has 1 aliphatic heterocycles. The third kappa shape index (κ3) is 3.02. The lowest BCUT2D eigenvalue weighted by Gasteiger charge is -2.24. The standard InChI is InChI=1S/C15H10Cl3NOS/c16-10-2-4-11(5-3-10)19-14(20)8-21-15(19)9-1-6-12(17)13(18)7-9/h1-7,15H,8H2/t15-/m0/s1. The summed E-state index contributed by atoms with van der Waals surface area (Å²) in [7, 11) is 0. The predicted molar refractivity (Wildman–Crippen MR) is 90.6 cm³/mol. The molecule has 0 unspecified atom stereocenters. The highest BCUT2D eigenvalue weighted by atomic mass is 35.5. The Labute approximate surface area is 142 Å².